The molecule has 0 aliphatic rings. The molecular formula is C15H14O5. The Kier molecular flexibility index (Phi) is 3.52. The minimum atomic E-state index is -0.736. The van der Waals surface area contributed by atoms with Gasteiger partial charge < -0.3 is 20.1 Å². The third kappa shape index (κ3) is 2.83. The maximum absolute atomic E-state index is 11.9. The Morgan fingerprint density at radius 2 is 1.40 bits per heavy atom. The molecule has 0 atom stereocenters. The fraction of sp³-hybridized carbons (Fsp3) is 0.133. The summed E-state index contributed by atoms with van der Waals surface area (Å²) in [4.78, 5) is 11.9. The van der Waals surface area contributed by atoms with Gasteiger partial charge in [0.2, 0.25) is 0 Å². The molecule has 0 radical (unpaired) electrons. The molecule has 0 aliphatic carbocycles. The molecule has 0 saturated carbocycles. The SMILES string of the molecule is Cc1cc(C)cc(OC(=O)c2cc(O)c(O)c(O)c2)c1. The molecule has 0 spiro atoms. The Bertz CT molecular complexity index is 633. The van der Waals surface area contributed by atoms with E-state index >= 15 is 0 Å². The highest BCUT2D eigenvalue weighted by Crippen LogP contribution is 2.35. The number of esters is 1. The lowest BCUT2D eigenvalue weighted by atomic mass is 10.1. The summed E-state index contributed by atoms with van der Waals surface area (Å²) in [5.41, 5.74) is 1.84. The fourth-order valence-corrected chi connectivity index (χ4v) is 1.88. The molecule has 0 aliphatic heterocycles. The topological polar surface area (TPSA) is 87.0 Å². The summed E-state index contributed by atoms with van der Waals surface area (Å²) in [7, 11) is 0. The summed E-state index contributed by atoms with van der Waals surface area (Å²) in [6.45, 7) is 3.76. The summed E-state index contributed by atoms with van der Waals surface area (Å²) < 4.78 is 5.17. The van der Waals surface area contributed by atoms with Crippen LogP contribution in [0.15, 0.2) is 30.3 Å². The predicted octanol–water partition coefficient (Wildman–Crippen LogP) is 2.64. The van der Waals surface area contributed by atoms with Crippen LogP contribution in [0.25, 0.3) is 0 Å². The van der Waals surface area contributed by atoms with Crippen molar-refractivity contribution in [2.24, 2.45) is 0 Å². The zero-order chi connectivity index (χ0) is 14.9. The van der Waals surface area contributed by atoms with E-state index < -0.39 is 23.2 Å². The smallest absolute Gasteiger partial charge is 0.343 e. The van der Waals surface area contributed by atoms with E-state index in [0.717, 1.165) is 23.3 Å². The largest absolute Gasteiger partial charge is 0.504 e. The van der Waals surface area contributed by atoms with Crippen LogP contribution in [0.5, 0.6) is 23.0 Å². The first-order valence-electron chi connectivity index (χ1n) is 5.92. The number of aryl methyl sites for hydroxylation is 2. The maximum atomic E-state index is 11.9. The Morgan fingerprint density at radius 3 is 1.90 bits per heavy atom. The van der Waals surface area contributed by atoms with Crippen molar-refractivity contribution >= 4 is 5.97 Å². The molecule has 0 saturated heterocycles. The third-order valence-corrected chi connectivity index (χ3v) is 2.71. The van der Waals surface area contributed by atoms with Gasteiger partial charge in [0.1, 0.15) is 5.75 Å². The standard InChI is InChI=1S/C15H14O5/c1-8-3-9(2)5-11(4-8)20-15(19)10-6-12(16)14(18)13(17)7-10/h3-7,16-18H,1-2H3. The van der Waals surface area contributed by atoms with Crippen LogP contribution in [0.4, 0.5) is 0 Å². The lowest BCUT2D eigenvalue weighted by molar-refractivity contribution is 0.0733. The summed E-state index contributed by atoms with van der Waals surface area (Å²) in [6.07, 6.45) is 0. The van der Waals surface area contributed by atoms with Gasteiger partial charge in [0.05, 0.1) is 5.56 Å². The van der Waals surface area contributed by atoms with Crippen LogP contribution < -0.4 is 4.74 Å². The van der Waals surface area contributed by atoms with E-state index in [-0.39, 0.29) is 5.56 Å². The number of phenolic OH excluding ortho intramolecular Hbond substituents is 3. The van der Waals surface area contributed by atoms with Gasteiger partial charge in [0, 0.05) is 0 Å². The van der Waals surface area contributed by atoms with Crippen LogP contribution in [0, 0.1) is 13.8 Å². The van der Waals surface area contributed by atoms with E-state index in [4.69, 9.17) is 4.74 Å². The van der Waals surface area contributed by atoms with Gasteiger partial charge in [0.15, 0.2) is 17.2 Å². The molecule has 2 aromatic rings. The fourth-order valence-electron chi connectivity index (χ4n) is 1.88. The van der Waals surface area contributed by atoms with Crippen LogP contribution in [-0.4, -0.2) is 21.3 Å². The van der Waals surface area contributed by atoms with Crippen molar-refractivity contribution in [2.75, 3.05) is 0 Å². The Balaban J connectivity index is 2.28. The van der Waals surface area contributed by atoms with Gasteiger partial charge in [-0.05, 0) is 49.2 Å². The molecular weight excluding hydrogens is 260 g/mol. The number of aromatic hydroxyl groups is 3. The van der Waals surface area contributed by atoms with E-state index in [9.17, 15) is 20.1 Å². The van der Waals surface area contributed by atoms with Crippen molar-refractivity contribution in [1.29, 1.82) is 0 Å². The molecule has 5 heteroatoms. The quantitative estimate of drug-likeness (QED) is 0.445. The van der Waals surface area contributed by atoms with Crippen molar-refractivity contribution < 1.29 is 24.9 Å². The van der Waals surface area contributed by atoms with Gasteiger partial charge in [-0.25, -0.2) is 4.79 Å². The second kappa shape index (κ2) is 5.13. The average Bonchev–Trinajstić information content (AvgIpc) is 2.33. The number of ether oxygens (including phenoxy) is 1. The van der Waals surface area contributed by atoms with Crippen LogP contribution in [0.3, 0.4) is 0 Å². The Morgan fingerprint density at radius 1 is 0.900 bits per heavy atom. The zero-order valence-electron chi connectivity index (χ0n) is 11.0. The van der Waals surface area contributed by atoms with Gasteiger partial charge >= 0.3 is 5.97 Å². The van der Waals surface area contributed by atoms with Gasteiger partial charge in [-0.1, -0.05) is 6.07 Å². The summed E-state index contributed by atoms with van der Waals surface area (Å²) >= 11 is 0. The van der Waals surface area contributed by atoms with Gasteiger partial charge in [0.25, 0.3) is 0 Å². The minimum absolute atomic E-state index is 0.0584. The number of hydrogen-bond acceptors (Lipinski definition) is 5. The number of carbonyl (C=O) groups excluding carboxylic acids is 1. The van der Waals surface area contributed by atoms with Crippen molar-refractivity contribution in [3.05, 3.63) is 47.0 Å². The van der Waals surface area contributed by atoms with E-state index in [1.807, 2.05) is 19.9 Å². The number of carbonyl (C=O) groups is 1. The summed E-state index contributed by atoms with van der Waals surface area (Å²) in [5.74, 6) is -2.21. The van der Waals surface area contributed by atoms with Crippen LogP contribution in [0.1, 0.15) is 21.5 Å². The number of rotatable bonds is 2. The lowest BCUT2D eigenvalue weighted by Crippen LogP contribution is -2.08. The highest BCUT2D eigenvalue weighted by atomic mass is 16.5. The van der Waals surface area contributed by atoms with Crippen molar-refractivity contribution in [1.82, 2.24) is 0 Å². The first kappa shape index (κ1) is 13.7. The Labute approximate surface area is 115 Å². The number of hydrogen-bond donors (Lipinski definition) is 3. The molecule has 0 unspecified atom stereocenters. The predicted molar refractivity (Wildman–Crippen MR) is 72.3 cm³/mol. The third-order valence-electron chi connectivity index (χ3n) is 2.71. The highest BCUT2D eigenvalue weighted by Gasteiger charge is 2.15. The normalized spacial score (nSPS) is 10.3. The maximum Gasteiger partial charge on any atom is 0.343 e. The first-order chi connectivity index (χ1) is 9.36. The van der Waals surface area contributed by atoms with Crippen LogP contribution in [0.2, 0.25) is 0 Å². The minimum Gasteiger partial charge on any atom is -0.504 e. The zero-order valence-corrected chi connectivity index (χ0v) is 11.0. The molecule has 0 fully saturated rings. The highest BCUT2D eigenvalue weighted by molar-refractivity contribution is 5.92. The van der Waals surface area contributed by atoms with Crippen LogP contribution in [-0.2, 0) is 0 Å². The van der Waals surface area contributed by atoms with E-state index in [1.54, 1.807) is 12.1 Å². The molecule has 104 valence electrons. The van der Waals surface area contributed by atoms with Gasteiger partial charge in [-0.2, -0.15) is 0 Å². The molecule has 2 aromatic carbocycles. The molecule has 0 aromatic heterocycles. The number of phenols is 3. The van der Waals surface area contributed by atoms with Gasteiger partial charge in [-0.15, -0.1) is 0 Å². The number of benzene rings is 2. The van der Waals surface area contributed by atoms with Gasteiger partial charge in [-0.3, -0.25) is 0 Å². The van der Waals surface area contributed by atoms with E-state index in [2.05, 4.69) is 0 Å². The first-order valence-corrected chi connectivity index (χ1v) is 5.92. The molecule has 0 bridgehead atoms. The lowest BCUT2D eigenvalue weighted by Gasteiger charge is -2.08. The summed E-state index contributed by atoms with van der Waals surface area (Å²) in [5, 5.41) is 28.0. The van der Waals surface area contributed by atoms with E-state index in [0.29, 0.717) is 5.75 Å². The van der Waals surface area contributed by atoms with Crippen molar-refractivity contribution in [2.45, 2.75) is 13.8 Å². The average molecular weight is 274 g/mol. The van der Waals surface area contributed by atoms with Crippen LogP contribution >= 0.6 is 0 Å². The Hall–Kier alpha value is -2.69. The molecule has 3 N–H and O–H groups in total. The van der Waals surface area contributed by atoms with Crippen molar-refractivity contribution in [3.8, 4) is 23.0 Å². The van der Waals surface area contributed by atoms with E-state index in [1.165, 1.54) is 0 Å². The molecule has 2 rings (SSSR count). The molecule has 20 heavy (non-hydrogen) atoms. The molecule has 5 nitrogen and oxygen atoms in total. The monoisotopic (exact) mass is 274 g/mol. The molecule has 0 amide bonds. The molecule has 0 heterocycles. The summed E-state index contributed by atoms with van der Waals surface area (Å²) in [6, 6.07) is 7.39. The second-order valence-electron chi connectivity index (χ2n) is 4.58. The second-order valence-corrected chi connectivity index (χ2v) is 4.58. The van der Waals surface area contributed by atoms with Crippen molar-refractivity contribution in [3.63, 3.8) is 0 Å².